The number of alkyl halides is 2. The number of anilines is 1. The molecule has 0 aromatic carbocycles. The Bertz CT molecular complexity index is 806. The van der Waals surface area contributed by atoms with E-state index in [1.54, 1.807) is 4.57 Å². The number of nitrogens with zero attached hydrogens (tertiary/aromatic N) is 4. The Balaban J connectivity index is 1.47. The number of carboxylic acid groups (broad SMARTS) is 1. The van der Waals surface area contributed by atoms with Gasteiger partial charge in [0.2, 0.25) is 0 Å². The Kier molecular flexibility index (Phi) is 3.13. The number of rotatable bonds is 4. The van der Waals surface area contributed by atoms with Crippen LogP contribution in [0.5, 0.6) is 0 Å². The van der Waals surface area contributed by atoms with Gasteiger partial charge in [-0.2, -0.15) is 0 Å². The van der Waals surface area contributed by atoms with Crippen LogP contribution in [-0.2, 0) is 6.54 Å². The Labute approximate surface area is 136 Å². The van der Waals surface area contributed by atoms with Gasteiger partial charge in [0, 0.05) is 25.0 Å². The molecule has 0 radical (unpaired) electrons. The predicted molar refractivity (Wildman–Crippen MR) is 81.4 cm³/mol. The van der Waals surface area contributed by atoms with Crippen molar-refractivity contribution in [3.8, 4) is 0 Å². The van der Waals surface area contributed by atoms with E-state index in [2.05, 4.69) is 9.97 Å². The fourth-order valence-corrected chi connectivity index (χ4v) is 3.37. The van der Waals surface area contributed by atoms with Crippen LogP contribution in [0.2, 0.25) is 0 Å². The highest BCUT2D eigenvalue weighted by atomic mass is 19.3. The van der Waals surface area contributed by atoms with E-state index < -0.39 is 23.7 Å². The van der Waals surface area contributed by atoms with Crippen LogP contribution in [0.4, 0.5) is 14.6 Å². The third kappa shape index (κ3) is 2.33. The monoisotopic (exact) mass is 334 g/mol. The van der Waals surface area contributed by atoms with Gasteiger partial charge in [-0.3, -0.25) is 0 Å². The van der Waals surface area contributed by atoms with Crippen molar-refractivity contribution < 1.29 is 18.7 Å². The topological polar surface area (TPSA) is 71.2 Å². The summed E-state index contributed by atoms with van der Waals surface area (Å²) in [4.78, 5) is 21.1. The van der Waals surface area contributed by atoms with Gasteiger partial charge >= 0.3 is 5.97 Å². The number of fused-ring (bicyclic) bond motifs is 1. The Morgan fingerprint density at radius 2 is 2.08 bits per heavy atom. The van der Waals surface area contributed by atoms with Crippen LogP contribution in [0, 0.1) is 18.8 Å². The minimum atomic E-state index is -2.49. The van der Waals surface area contributed by atoms with E-state index in [1.807, 2.05) is 24.0 Å². The van der Waals surface area contributed by atoms with Gasteiger partial charge in [-0.05, 0) is 18.6 Å². The zero-order valence-electron chi connectivity index (χ0n) is 13.0. The van der Waals surface area contributed by atoms with Crippen molar-refractivity contribution in [2.75, 3.05) is 18.0 Å². The first kappa shape index (κ1) is 15.0. The number of aromatic carboxylic acids is 1. The normalized spacial score (nSPS) is 24.0. The minimum absolute atomic E-state index is 0.00514. The van der Waals surface area contributed by atoms with Crippen LogP contribution >= 0.6 is 0 Å². The molecule has 126 valence electrons. The van der Waals surface area contributed by atoms with E-state index in [0.29, 0.717) is 19.6 Å². The van der Waals surface area contributed by atoms with Crippen LogP contribution in [0.1, 0.15) is 21.7 Å². The van der Waals surface area contributed by atoms with Gasteiger partial charge in [0.25, 0.3) is 5.92 Å². The lowest BCUT2D eigenvalue weighted by atomic mass is 10.2. The molecule has 1 N–H and O–H groups in total. The molecular formula is C16H16F2N4O2. The number of pyridine rings is 1. The van der Waals surface area contributed by atoms with Crippen molar-refractivity contribution in [3.63, 3.8) is 0 Å². The summed E-state index contributed by atoms with van der Waals surface area (Å²) < 4.78 is 28.2. The molecule has 8 heteroatoms. The first-order valence-electron chi connectivity index (χ1n) is 7.70. The number of aromatic nitrogens is 3. The molecule has 1 saturated carbocycles. The van der Waals surface area contributed by atoms with E-state index in [4.69, 9.17) is 5.11 Å². The fraction of sp³-hybridized carbons (Fsp3) is 0.438. The second-order valence-electron chi connectivity index (χ2n) is 6.44. The largest absolute Gasteiger partial charge is 0.476 e. The zero-order chi connectivity index (χ0) is 17.1. The summed E-state index contributed by atoms with van der Waals surface area (Å²) in [5, 5.41) is 8.89. The molecule has 2 fully saturated rings. The molecule has 1 aliphatic carbocycles. The number of halogens is 2. The molecule has 2 atom stereocenters. The van der Waals surface area contributed by atoms with Crippen molar-refractivity contribution in [2.24, 2.45) is 11.8 Å². The second kappa shape index (κ2) is 4.99. The molecule has 24 heavy (non-hydrogen) atoms. The predicted octanol–water partition coefficient (Wildman–Crippen LogP) is 2.03. The average molecular weight is 334 g/mol. The highest BCUT2D eigenvalue weighted by molar-refractivity contribution is 5.84. The van der Waals surface area contributed by atoms with Crippen molar-refractivity contribution in [2.45, 2.75) is 19.4 Å². The van der Waals surface area contributed by atoms with Crippen molar-refractivity contribution in [1.29, 1.82) is 0 Å². The standard InChI is InChI=1S/C16H16F2N4O2/c1-9-10(4-21-7-13(15(23)24)19-8-21)2-3-14(20-9)22-5-11-12(6-22)16(11,17)18/h2-3,7-8,11-12H,4-6H2,1H3,(H,23,24). The summed E-state index contributed by atoms with van der Waals surface area (Å²) in [6.45, 7) is 3.03. The molecule has 2 unspecified atom stereocenters. The van der Waals surface area contributed by atoms with Gasteiger partial charge in [0.1, 0.15) is 5.82 Å². The molecule has 2 aromatic heterocycles. The molecule has 6 nitrogen and oxygen atoms in total. The Morgan fingerprint density at radius 1 is 1.38 bits per heavy atom. The lowest BCUT2D eigenvalue weighted by Crippen LogP contribution is -2.28. The van der Waals surface area contributed by atoms with Crippen LogP contribution in [0.25, 0.3) is 0 Å². The fourth-order valence-electron chi connectivity index (χ4n) is 3.37. The number of aryl methyl sites for hydroxylation is 1. The third-order valence-electron chi connectivity index (χ3n) is 4.91. The maximum absolute atomic E-state index is 13.3. The van der Waals surface area contributed by atoms with E-state index in [1.165, 1.54) is 12.5 Å². The van der Waals surface area contributed by atoms with Gasteiger partial charge in [0.15, 0.2) is 5.69 Å². The van der Waals surface area contributed by atoms with Gasteiger partial charge < -0.3 is 14.6 Å². The van der Waals surface area contributed by atoms with Gasteiger partial charge in [-0.25, -0.2) is 23.5 Å². The smallest absolute Gasteiger partial charge is 0.356 e. The Hall–Kier alpha value is -2.51. The van der Waals surface area contributed by atoms with Crippen molar-refractivity contribution in [3.05, 3.63) is 41.6 Å². The van der Waals surface area contributed by atoms with Gasteiger partial charge in [0.05, 0.1) is 24.7 Å². The van der Waals surface area contributed by atoms with E-state index in [9.17, 15) is 13.6 Å². The van der Waals surface area contributed by atoms with Crippen LogP contribution in [-0.4, -0.2) is 44.6 Å². The number of carbonyl (C=O) groups is 1. The summed E-state index contributed by atoms with van der Waals surface area (Å²) in [7, 11) is 0. The second-order valence-corrected chi connectivity index (χ2v) is 6.44. The zero-order valence-corrected chi connectivity index (χ0v) is 13.0. The number of piperidine rings is 1. The Morgan fingerprint density at radius 3 is 2.67 bits per heavy atom. The molecule has 4 rings (SSSR count). The lowest BCUT2D eigenvalue weighted by Gasteiger charge is -2.21. The van der Waals surface area contributed by atoms with Crippen LogP contribution < -0.4 is 4.90 Å². The van der Waals surface area contributed by atoms with Crippen molar-refractivity contribution >= 4 is 11.8 Å². The molecule has 2 aromatic rings. The molecule has 0 spiro atoms. The highest BCUT2D eigenvalue weighted by Gasteiger charge is 2.71. The quantitative estimate of drug-likeness (QED) is 0.926. The first-order valence-corrected chi connectivity index (χ1v) is 7.70. The summed E-state index contributed by atoms with van der Waals surface area (Å²) in [6.07, 6.45) is 2.93. The SMILES string of the molecule is Cc1nc(N2CC3C(C2)C3(F)F)ccc1Cn1cnc(C(=O)O)c1. The van der Waals surface area contributed by atoms with E-state index in [0.717, 1.165) is 17.1 Å². The molecule has 3 heterocycles. The molecule has 2 aliphatic rings. The summed E-state index contributed by atoms with van der Waals surface area (Å²) in [5.74, 6) is -3.90. The van der Waals surface area contributed by atoms with Gasteiger partial charge in [-0.1, -0.05) is 6.07 Å². The van der Waals surface area contributed by atoms with Crippen molar-refractivity contribution in [1.82, 2.24) is 14.5 Å². The summed E-state index contributed by atoms with van der Waals surface area (Å²) >= 11 is 0. The first-order chi connectivity index (χ1) is 11.4. The van der Waals surface area contributed by atoms with E-state index >= 15 is 0 Å². The summed E-state index contributed by atoms with van der Waals surface area (Å²) in [5.41, 5.74) is 1.72. The number of hydrogen-bond donors (Lipinski definition) is 1. The molecular weight excluding hydrogens is 318 g/mol. The molecule has 0 bridgehead atoms. The lowest BCUT2D eigenvalue weighted by molar-refractivity contribution is 0.0690. The summed E-state index contributed by atoms with van der Waals surface area (Å²) in [6, 6.07) is 3.74. The maximum atomic E-state index is 13.3. The number of hydrogen-bond acceptors (Lipinski definition) is 4. The highest BCUT2D eigenvalue weighted by Crippen LogP contribution is 2.59. The average Bonchev–Trinajstić information content (AvgIpc) is 3.00. The van der Waals surface area contributed by atoms with E-state index in [-0.39, 0.29) is 5.69 Å². The third-order valence-corrected chi connectivity index (χ3v) is 4.91. The minimum Gasteiger partial charge on any atom is -0.476 e. The van der Waals surface area contributed by atoms with Crippen LogP contribution in [0.3, 0.4) is 0 Å². The number of imidazole rings is 1. The molecule has 1 saturated heterocycles. The maximum Gasteiger partial charge on any atom is 0.356 e. The molecule has 1 aliphatic heterocycles. The van der Waals surface area contributed by atoms with Crippen LogP contribution in [0.15, 0.2) is 24.7 Å². The van der Waals surface area contributed by atoms with Gasteiger partial charge in [-0.15, -0.1) is 0 Å². The number of carboxylic acids is 1. The molecule has 0 amide bonds.